The van der Waals surface area contributed by atoms with Gasteiger partial charge < -0.3 is 5.32 Å². The molecule has 3 nitrogen and oxygen atoms in total. The zero-order valence-corrected chi connectivity index (χ0v) is 17.8. The molecule has 1 heterocycles. The van der Waals surface area contributed by atoms with Gasteiger partial charge >= 0.3 is 0 Å². The predicted octanol–water partition coefficient (Wildman–Crippen LogP) is 5.89. The Labute approximate surface area is 184 Å². The maximum atomic E-state index is 12.7. The van der Waals surface area contributed by atoms with E-state index in [4.69, 9.17) is 23.2 Å². The fraction of sp³-hybridized carbons (Fsp3) is 0.130. The number of nitrogens with zero attached hydrogens (tertiary/aromatic N) is 1. The van der Waals surface area contributed by atoms with Gasteiger partial charge in [0.15, 0.2) is 0 Å². The van der Waals surface area contributed by atoms with Crippen molar-refractivity contribution in [2.75, 3.05) is 6.54 Å². The first-order chi connectivity index (χ1) is 14.1. The molecule has 2 aromatic carbocycles. The molecule has 2 aromatic rings. The summed E-state index contributed by atoms with van der Waals surface area (Å²) in [4.78, 5) is 19.4. The van der Waals surface area contributed by atoms with E-state index in [1.54, 1.807) is 11.8 Å². The van der Waals surface area contributed by atoms with Crippen molar-refractivity contribution in [1.29, 1.82) is 0 Å². The van der Waals surface area contributed by atoms with Gasteiger partial charge in [-0.1, -0.05) is 77.4 Å². The second kappa shape index (κ2) is 9.04. The van der Waals surface area contributed by atoms with Gasteiger partial charge in [-0.05, 0) is 42.7 Å². The summed E-state index contributed by atoms with van der Waals surface area (Å²) in [6.07, 6.45) is 7.19. The lowest BCUT2D eigenvalue weighted by molar-refractivity contribution is -0.117. The minimum Gasteiger partial charge on any atom is -0.352 e. The summed E-state index contributed by atoms with van der Waals surface area (Å²) in [6, 6.07) is 15.6. The Morgan fingerprint density at radius 3 is 2.83 bits per heavy atom. The average Bonchev–Trinajstić information content (AvgIpc) is 2.97. The smallest absolute Gasteiger partial charge is 0.251 e. The second-order valence-electron chi connectivity index (χ2n) is 6.63. The van der Waals surface area contributed by atoms with Crippen LogP contribution in [0.15, 0.2) is 92.8 Å². The molecule has 2 aliphatic rings. The molecular weight excluding hydrogens is 423 g/mol. The molecule has 0 saturated carbocycles. The molecule has 0 radical (unpaired) electrons. The molecule has 0 spiro atoms. The van der Waals surface area contributed by atoms with E-state index in [1.807, 2.05) is 60.7 Å². The van der Waals surface area contributed by atoms with Crippen LogP contribution in [-0.2, 0) is 11.2 Å². The first kappa shape index (κ1) is 20.0. The third kappa shape index (κ3) is 4.84. The van der Waals surface area contributed by atoms with Crippen LogP contribution in [0.4, 0.5) is 0 Å². The molecule has 1 amide bonds. The fourth-order valence-electron chi connectivity index (χ4n) is 3.14. The van der Waals surface area contributed by atoms with Crippen molar-refractivity contribution in [3.63, 3.8) is 0 Å². The molecule has 1 aliphatic carbocycles. The quantitative estimate of drug-likeness (QED) is 0.643. The molecule has 1 N–H and O–H groups in total. The Hall–Kier alpha value is -2.27. The number of thioether (sulfide) groups is 1. The van der Waals surface area contributed by atoms with E-state index in [9.17, 15) is 4.79 Å². The van der Waals surface area contributed by atoms with Crippen LogP contribution in [0.1, 0.15) is 17.5 Å². The number of fused-ring (bicyclic) bond motifs is 2. The lowest BCUT2D eigenvalue weighted by Crippen LogP contribution is -2.26. The second-order valence-corrected chi connectivity index (χ2v) is 8.51. The molecule has 0 atom stereocenters. The first-order valence-corrected chi connectivity index (χ1v) is 10.8. The summed E-state index contributed by atoms with van der Waals surface area (Å²) < 4.78 is 0. The zero-order valence-electron chi connectivity index (χ0n) is 15.5. The Kier molecular flexibility index (Phi) is 6.24. The van der Waals surface area contributed by atoms with Crippen LogP contribution in [-0.4, -0.2) is 17.6 Å². The molecule has 0 fully saturated rings. The average molecular weight is 441 g/mol. The molecule has 0 unspecified atom stereocenters. The van der Waals surface area contributed by atoms with Gasteiger partial charge in [0.25, 0.3) is 5.91 Å². The van der Waals surface area contributed by atoms with Crippen molar-refractivity contribution >= 4 is 46.0 Å². The number of hydrogen-bond donors (Lipinski definition) is 1. The fourth-order valence-corrected chi connectivity index (χ4v) is 4.71. The number of hydrogen-bond acceptors (Lipinski definition) is 3. The monoisotopic (exact) mass is 440 g/mol. The van der Waals surface area contributed by atoms with E-state index in [0.717, 1.165) is 27.3 Å². The molecule has 0 saturated heterocycles. The van der Waals surface area contributed by atoms with Gasteiger partial charge in [0.05, 0.1) is 5.70 Å². The van der Waals surface area contributed by atoms with Gasteiger partial charge in [-0.15, -0.1) is 0 Å². The molecule has 1 aliphatic heterocycles. The summed E-state index contributed by atoms with van der Waals surface area (Å²) >= 11 is 14.1. The van der Waals surface area contributed by atoms with Crippen LogP contribution < -0.4 is 5.32 Å². The topological polar surface area (TPSA) is 41.5 Å². The van der Waals surface area contributed by atoms with Crippen molar-refractivity contribution < 1.29 is 4.79 Å². The molecule has 0 bridgehead atoms. The van der Waals surface area contributed by atoms with Crippen LogP contribution in [0, 0.1) is 0 Å². The van der Waals surface area contributed by atoms with E-state index >= 15 is 0 Å². The highest BCUT2D eigenvalue weighted by molar-refractivity contribution is 8.03. The minimum absolute atomic E-state index is 0.118. The third-order valence-electron chi connectivity index (χ3n) is 4.58. The summed E-state index contributed by atoms with van der Waals surface area (Å²) in [7, 11) is 0. The van der Waals surface area contributed by atoms with E-state index in [0.29, 0.717) is 34.4 Å². The third-order valence-corrected chi connectivity index (χ3v) is 6.28. The number of benzene rings is 2. The van der Waals surface area contributed by atoms with Gasteiger partial charge in [-0.2, -0.15) is 0 Å². The van der Waals surface area contributed by atoms with Gasteiger partial charge in [-0.3, -0.25) is 4.79 Å². The summed E-state index contributed by atoms with van der Waals surface area (Å²) in [5.74, 6) is -0.118. The zero-order chi connectivity index (χ0) is 20.2. The van der Waals surface area contributed by atoms with Crippen molar-refractivity contribution in [2.45, 2.75) is 17.7 Å². The molecule has 0 aromatic heterocycles. The molecular formula is C23H18Cl2N2OS. The molecule has 146 valence electrons. The number of amides is 1. The number of carbonyl (C=O) groups is 1. The van der Waals surface area contributed by atoms with Gasteiger partial charge in [0, 0.05) is 32.5 Å². The first-order valence-electron chi connectivity index (χ1n) is 9.26. The summed E-state index contributed by atoms with van der Waals surface area (Å²) in [5.41, 5.74) is 3.30. The number of nitrogens with one attached hydrogen (secondary N) is 1. The van der Waals surface area contributed by atoms with Gasteiger partial charge in [-0.25, -0.2) is 4.99 Å². The van der Waals surface area contributed by atoms with Crippen molar-refractivity contribution in [3.8, 4) is 0 Å². The highest BCUT2D eigenvalue weighted by atomic mass is 35.5. The number of allylic oxidation sites excluding steroid dienone is 2. The van der Waals surface area contributed by atoms with Crippen LogP contribution in [0.25, 0.3) is 0 Å². The van der Waals surface area contributed by atoms with Crippen LogP contribution in [0.5, 0.6) is 0 Å². The largest absolute Gasteiger partial charge is 0.352 e. The van der Waals surface area contributed by atoms with Gasteiger partial charge in [0.2, 0.25) is 0 Å². The Morgan fingerprint density at radius 1 is 1.10 bits per heavy atom. The predicted molar refractivity (Wildman–Crippen MR) is 122 cm³/mol. The number of rotatable bonds is 4. The number of aliphatic imine (C=N–C) groups is 1. The molecule has 4 rings (SSSR count). The standard InChI is InChI=1S/C23H18Cl2N2OS/c24-17-7-3-5-15(13-17)11-12-26-23(28)16-6-4-10-21-19(14-16)27-22(25)18-8-1-2-9-20(18)29-21/h1-3,5-10,13-14H,4,11-12H2,(H,26,28). The Balaban J connectivity index is 1.48. The van der Waals surface area contributed by atoms with Crippen LogP contribution in [0.3, 0.4) is 0 Å². The summed E-state index contributed by atoms with van der Waals surface area (Å²) in [5, 5.41) is 4.12. The van der Waals surface area contributed by atoms with E-state index < -0.39 is 0 Å². The minimum atomic E-state index is -0.118. The summed E-state index contributed by atoms with van der Waals surface area (Å²) in [6.45, 7) is 0.532. The maximum Gasteiger partial charge on any atom is 0.251 e. The Bertz CT molecular complexity index is 1090. The normalized spacial score (nSPS) is 15.5. The van der Waals surface area contributed by atoms with Crippen molar-refractivity contribution in [1.82, 2.24) is 5.32 Å². The van der Waals surface area contributed by atoms with E-state index in [2.05, 4.69) is 16.4 Å². The maximum absolute atomic E-state index is 12.7. The van der Waals surface area contributed by atoms with Crippen molar-refractivity contribution in [3.05, 3.63) is 99.1 Å². The number of carbonyl (C=O) groups excluding carboxylic acids is 1. The molecule has 6 heteroatoms. The van der Waals surface area contributed by atoms with Crippen molar-refractivity contribution in [2.24, 2.45) is 4.99 Å². The van der Waals surface area contributed by atoms with Gasteiger partial charge in [0.1, 0.15) is 5.17 Å². The highest BCUT2D eigenvalue weighted by Gasteiger charge is 2.20. The SMILES string of the molecule is O=C(NCCc1cccc(Cl)c1)C1=CCC=C2Sc3ccccc3C(Cl)=NC2=C1. The Morgan fingerprint density at radius 2 is 1.97 bits per heavy atom. The van der Waals surface area contributed by atoms with E-state index in [-0.39, 0.29) is 5.91 Å². The lowest BCUT2D eigenvalue weighted by Gasteiger charge is -2.07. The van der Waals surface area contributed by atoms with E-state index in [1.165, 1.54) is 0 Å². The molecule has 29 heavy (non-hydrogen) atoms. The highest BCUT2D eigenvalue weighted by Crippen LogP contribution is 2.40. The lowest BCUT2D eigenvalue weighted by atomic mass is 10.1. The number of halogens is 2. The van der Waals surface area contributed by atoms with Crippen LogP contribution >= 0.6 is 35.0 Å². The van der Waals surface area contributed by atoms with Crippen LogP contribution in [0.2, 0.25) is 5.02 Å².